The van der Waals surface area contributed by atoms with Crippen LogP contribution >= 0.6 is 0 Å². The first-order chi connectivity index (χ1) is 10.0. The molecule has 0 aliphatic rings. The summed E-state index contributed by atoms with van der Waals surface area (Å²) in [6.07, 6.45) is 3.58. The number of nitrogens with zero attached hydrogens (tertiary/aromatic N) is 3. The number of amides is 1. The Labute approximate surface area is 125 Å². The molecule has 1 N–H and O–H groups in total. The summed E-state index contributed by atoms with van der Waals surface area (Å²) in [4.78, 5) is 14.4. The first-order valence-electron chi connectivity index (χ1n) is 6.98. The molecule has 0 saturated carbocycles. The number of aromatic nitrogens is 2. The van der Waals surface area contributed by atoms with Crippen LogP contribution in [0.15, 0.2) is 36.7 Å². The highest BCUT2D eigenvalue weighted by atomic mass is 16.2. The number of likely N-dealkylation sites (N-methyl/N-ethyl adjacent to an activating group) is 2. The van der Waals surface area contributed by atoms with Gasteiger partial charge < -0.3 is 10.2 Å². The summed E-state index contributed by atoms with van der Waals surface area (Å²) in [6, 6.07) is 7.75. The van der Waals surface area contributed by atoms with Crippen molar-refractivity contribution in [2.75, 3.05) is 14.1 Å². The van der Waals surface area contributed by atoms with Gasteiger partial charge in [-0.15, -0.1) is 0 Å². The largest absolute Gasteiger partial charge is 0.340 e. The van der Waals surface area contributed by atoms with Crippen LogP contribution in [0.5, 0.6) is 0 Å². The normalized spacial score (nSPS) is 12.2. The molecule has 0 radical (unpaired) electrons. The standard InChI is InChI=1S/C16H22N4O/c1-12-7-5-6-8-13(12)10-19(3)16(21)15(17-2)14-9-18-20(4)11-14/h5-9,11,15,17H,10H2,1-4H3. The Morgan fingerprint density at radius 3 is 2.71 bits per heavy atom. The SMILES string of the molecule is CNC(C(=O)N(C)Cc1ccccc1C)c1cnn(C)c1. The molecular formula is C16H22N4O. The highest BCUT2D eigenvalue weighted by Crippen LogP contribution is 2.16. The van der Waals surface area contributed by atoms with Crippen molar-refractivity contribution in [1.29, 1.82) is 0 Å². The van der Waals surface area contributed by atoms with Gasteiger partial charge in [0, 0.05) is 32.4 Å². The van der Waals surface area contributed by atoms with Crippen LogP contribution < -0.4 is 5.32 Å². The minimum Gasteiger partial charge on any atom is -0.340 e. The average Bonchev–Trinajstić information content (AvgIpc) is 2.88. The van der Waals surface area contributed by atoms with E-state index in [1.54, 1.807) is 22.8 Å². The lowest BCUT2D eigenvalue weighted by Gasteiger charge is -2.23. The fourth-order valence-corrected chi connectivity index (χ4v) is 2.36. The second kappa shape index (κ2) is 6.54. The molecule has 1 aromatic heterocycles. The first kappa shape index (κ1) is 15.3. The zero-order valence-corrected chi connectivity index (χ0v) is 13.0. The van der Waals surface area contributed by atoms with Gasteiger partial charge in [0.25, 0.3) is 0 Å². The van der Waals surface area contributed by atoms with E-state index in [0.29, 0.717) is 6.54 Å². The van der Waals surface area contributed by atoms with Crippen molar-refractivity contribution >= 4 is 5.91 Å². The molecule has 1 unspecified atom stereocenters. The maximum Gasteiger partial charge on any atom is 0.244 e. The molecule has 112 valence electrons. The van der Waals surface area contributed by atoms with Gasteiger partial charge >= 0.3 is 0 Å². The van der Waals surface area contributed by atoms with Crippen LogP contribution in [0.25, 0.3) is 0 Å². The average molecular weight is 286 g/mol. The number of benzene rings is 1. The molecule has 2 rings (SSSR count). The summed E-state index contributed by atoms with van der Waals surface area (Å²) in [5, 5.41) is 7.20. The van der Waals surface area contributed by atoms with E-state index in [0.717, 1.165) is 11.1 Å². The van der Waals surface area contributed by atoms with Crippen LogP contribution in [0.1, 0.15) is 22.7 Å². The molecule has 0 aliphatic heterocycles. The molecule has 0 aliphatic carbocycles. The van der Waals surface area contributed by atoms with Gasteiger partial charge in [0.1, 0.15) is 6.04 Å². The van der Waals surface area contributed by atoms with Crippen LogP contribution in [0.2, 0.25) is 0 Å². The molecule has 5 heteroatoms. The van der Waals surface area contributed by atoms with Crippen molar-refractivity contribution < 1.29 is 4.79 Å². The summed E-state index contributed by atoms with van der Waals surface area (Å²) in [7, 11) is 5.46. The molecular weight excluding hydrogens is 264 g/mol. The van der Waals surface area contributed by atoms with Gasteiger partial charge in [-0.05, 0) is 25.1 Å². The predicted molar refractivity (Wildman–Crippen MR) is 82.7 cm³/mol. The fourth-order valence-electron chi connectivity index (χ4n) is 2.36. The van der Waals surface area contributed by atoms with Gasteiger partial charge in [0.15, 0.2) is 0 Å². The van der Waals surface area contributed by atoms with Gasteiger partial charge in [0.2, 0.25) is 5.91 Å². The molecule has 0 spiro atoms. The molecule has 0 saturated heterocycles. The smallest absolute Gasteiger partial charge is 0.244 e. The third-order valence-electron chi connectivity index (χ3n) is 3.64. The topological polar surface area (TPSA) is 50.2 Å². The molecule has 1 heterocycles. The molecule has 2 aromatic rings. The van der Waals surface area contributed by atoms with Gasteiger partial charge in [0.05, 0.1) is 6.20 Å². The number of hydrogen-bond donors (Lipinski definition) is 1. The van der Waals surface area contributed by atoms with Crippen molar-refractivity contribution in [3.63, 3.8) is 0 Å². The van der Waals surface area contributed by atoms with E-state index >= 15 is 0 Å². The zero-order chi connectivity index (χ0) is 15.4. The Morgan fingerprint density at radius 1 is 1.43 bits per heavy atom. The summed E-state index contributed by atoms with van der Waals surface area (Å²) in [5.41, 5.74) is 3.23. The zero-order valence-electron chi connectivity index (χ0n) is 13.0. The van der Waals surface area contributed by atoms with E-state index in [1.807, 2.05) is 32.4 Å². The van der Waals surface area contributed by atoms with Crippen LogP contribution in [0.3, 0.4) is 0 Å². The summed E-state index contributed by atoms with van der Waals surface area (Å²) in [6.45, 7) is 2.66. The van der Waals surface area contributed by atoms with Gasteiger partial charge in [-0.3, -0.25) is 9.48 Å². The Bertz CT molecular complexity index is 620. The minimum atomic E-state index is -0.368. The van der Waals surface area contributed by atoms with Crippen LogP contribution in [0.4, 0.5) is 0 Å². The summed E-state index contributed by atoms with van der Waals surface area (Å²) in [5.74, 6) is 0.0359. The molecule has 1 atom stereocenters. The Balaban J connectivity index is 2.12. The van der Waals surface area contributed by atoms with Gasteiger partial charge in [-0.1, -0.05) is 24.3 Å². The number of nitrogens with one attached hydrogen (secondary N) is 1. The van der Waals surface area contributed by atoms with Gasteiger partial charge in [-0.2, -0.15) is 5.10 Å². The molecule has 0 bridgehead atoms. The maximum absolute atomic E-state index is 12.6. The Hall–Kier alpha value is -2.14. The second-order valence-corrected chi connectivity index (χ2v) is 5.29. The van der Waals surface area contributed by atoms with Crippen LogP contribution in [-0.2, 0) is 18.4 Å². The van der Waals surface area contributed by atoms with Crippen molar-refractivity contribution in [2.45, 2.75) is 19.5 Å². The molecule has 1 aromatic carbocycles. The molecule has 5 nitrogen and oxygen atoms in total. The maximum atomic E-state index is 12.6. The van der Waals surface area contributed by atoms with E-state index in [1.165, 1.54) is 5.56 Å². The quantitative estimate of drug-likeness (QED) is 0.909. The monoisotopic (exact) mass is 286 g/mol. The number of carbonyl (C=O) groups excluding carboxylic acids is 1. The molecule has 1 amide bonds. The van der Waals surface area contributed by atoms with Crippen molar-refractivity contribution in [3.05, 3.63) is 53.3 Å². The van der Waals surface area contributed by atoms with Crippen LogP contribution in [0, 0.1) is 6.92 Å². The molecule has 0 fully saturated rings. The van der Waals surface area contributed by atoms with E-state index in [9.17, 15) is 4.79 Å². The first-order valence-corrected chi connectivity index (χ1v) is 6.98. The highest BCUT2D eigenvalue weighted by Gasteiger charge is 2.23. The number of aryl methyl sites for hydroxylation is 2. The summed E-state index contributed by atoms with van der Waals surface area (Å²) >= 11 is 0. The van der Waals surface area contributed by atoms with Crippen molar-refractivity contribution in [3.8, 4) is 0 Å². The van der Waals surface area contributed by atoms with E-state index in [-0.39, 0.29) is 11.9 Å². The number of hydrogen-bond acceptors (Lipinski definition) is 3. The van der Waals surface area contributed by atoms with E-state index < -0.39 is 0 Å². The third-order valence-corrected chi connectivity index (χ3v) is 3.64. The predicted octanol–water partition coefficient (Wildman–Crippen LogP) is 1.65. The number of carbonyl (C=O) groups is 1. The van der Waals surface area contributed by atoms with E-state index in [4.69, 9.17) is 0 Å². The lowest BCUT2D eigenvalue weighted by Crippen LogP contribution is -2.37. The Morgan fingerprint density at radius 2 is 2.14 bits per heavy atom. The lowest BCUT2D eigenvalue weighted by molar-refractivity contribution is -0.132. The van der Waals surface area contributed by atoms with Crippen molar-refractivity contribution in [2.24, 2.45) is 7.05 Å². The number of rotatable bonds is 5. The lowest BCUT2D eigenvalue weighted by atomic mass is 10.1. The highest BCUT2D eigenvalue weighted by molar-refractivity contribution is 5.83. The van der Waals surface area contributed by atoms with Gasteiger partial charge in [-0.25, -0.2) is 0 Å². The summed E-state index contributed by atoms with van der Waals surface area (Å²) < 4.78 is 1.70. The third kappa shape index (κ3) is 3.49. The minimum absolute atomic E-state index is 0.0359. The van der Waals surface area contributed by atoms with Crippen molar-refractivity contribution in [1.82, 2.24) is 20.0 Å². The molecule has 21 heavy (non-hydrogen) atoms. The fraction of sp³-hybridized carbons (Fsp3) is 0.375. The van der Waals surface area contributed by atoms with Crippen LogP contribution in [-0.4, -0.2) is 34.7 Å². The van der Waals surface area contributed by atoms with E-state index in [2.05, 4.69) is 29.5 Å². The second-order valence-electron chi connectivity index (χ2n) is 5.29. The Kier molecular flexibility index (Phi) is 4.75.